The molecule has 3 fully saturated rings. The molecule has 0 N–H and O–H groups in total. The minimum atomic E-state index is -0.774. The highest BCUT2D eigenvalue weighted by Crippen LogP contribution is 2.96. The molecule has 0 heterocycles. The van der Waals surface area contributed by atoms with Crippen LogP contribution in [0.25, 0.3) is 0 Å². The molecule has 0 spiro atoms. The van der Waals surface area contributed by atoms with Gasteiger partial charge in [0.05, 0.1) is 21.5 Å². The van der Waals surface area contributed by atoms with E-state index in [1.807, 2.05) is 24.3 Å². The zero-order valence-corrected chi connectivity index (χ0v) is 19.8. The Bertz CT molecular complexity index is 1390. The van der Waals surface area contributed by atoms with Gasteiger partial charge in [-0.3, -0.25) is 20.2 Å². The van der Waals surface area contributed by atoms with Crippen molar-refractivity contribution in [2.75, 3.05) is 0 Å². The van der Waals surface area contributed by atoms with E-state index >= 15 is 0 Å². The molecular formula is C28H24N2O6. The van der Waals surface area contributed by atoms with Crippen LogP contribution in [0.4, 0.5) is 11.4 Å². The van der Waals surface area contributed by atoms with Gasteiger partial charge in [0.1, 0.15) is 6.10 Å². The van der Waals surface area contributed by atoms with Crippen LogP contribution in [0.3, 0.4) is 0 Å². The van der Waals surface area contributed by atoms with Crippen molar-refractivity contribution < 1.29 is 19.4 Å². The van der Waals surface area contributed by atoms with Crippen molar-refractivity contribution in [3.8, 4) is 0 Å². The standard InChI is InChI=1S/C28H24N2O6/c1-26(2)27(18-9-5-3-6-10-18)22-16-23(24(22)28(26,27)19-11-7-4-8-12-19)36-25(31)17-13-20(29(32)33)15-21(14-17)30(34)35/h3-15,22-24H,16H2,1-2H3/t22-,23-,24+,27+,28-/m0/s1. The van der Waals surface area contributed by atoms with E-state index in [1.54, 1.807) is 0 Å². The number of nitro benzene ring substituents is 2. The molecule has 3 aromatic rings. The molecule has 5 atom stereocenters. The maximum absolute atomic E-state index is 13.1. The van der Waals surface area contributed by atoms with Gasteiger partial charge in [-0.25, -0.2) is 4.79 Å². The lowest BCUT2D eigenvalue weighted by molar-refractivity contribution is -0.394. The highest BCUT2D eigenvalue weighted by molar-refractivity contribution is 5.91. The summed E-state index contributed by atoms with van der Waals surface area (Å²) in [4.78, 5) is 34.1. The monoisotopic (exact) mass is 484 g/mol. The quantitative estimate of drug-likeness (QED) is 0.256. The molecule has 182 valence electrons. The first-order chi connectivity index (χ1) is 17.2. The fourth-order valence-corrected chi connectivity index (χ4v) is 8.15. The Kier molecular flexibility index (Phi) is 4.49. The molecule has 0 radical (unpaired) electrons. The van der Waals surface area contributed by atoms with Gasteiger partial charge in [0.2, 0.25) is 0 Å². The van der Waals surface area contributed by atoms with Crippen LogP contribution in [0.2, 0.25) is 0 Å². The molecule has 3 saturated carbocycles. The van der Waals surface area contributed by atoms with E-state index in [1.165, 1.54) is 11.1 Å². The number of hydrogen-bond donors (Lipinski definition) is 0. The Morgan fingerprint density at radius 3 is 1.83 bits per heavy atom. The van der Waals surface area contributed by atoms with Gasteiger partial charge in [0.15, 0.2) is 0 Å². The average Bonchev–Trinajstić information content (AvgIpc) is 3.25. The summed E-state index contributed by atoms with van der Waals surface area (Å²) in [5.74, 6) is -0.357. The van der Waals surface area contributed by atoms with Crippen LogP contribution in [0.15, 0.2) is 78.9 Å². The smallest absolute Gasteiger partial charge is 0.338 e. The highest BCUT2D eigenvalue weighted by atomic mass is 16.6. The summed E-state index contributed by atoms with van der Waals surface area (Å²) in [6, 6.07) is 23.8. The topological polar surface area (TPSA) is 113 Å². The molecular weight excluding hydrogens is 460 g/mol. The molecule has 0 aliphatic heterocycles. The normalized spacial score (nSPS) is 30.6. The van der Waals surface area contributed by atoms with E-state index in [-0.39, 0.29) is 33.8 Å². The van der Waals surface area contributed by atoms with E-state index in [0.717, 1.165) is 18.2 Å². The van der Waals surface area contributed by atoms with E-state index in [9.17, 15) is 25.0 Å². The molecule has 0 unspecified atom stereocenters. The Hall–Kier alpha value is -4.07. The maximum atomic E-state index is 13.1. The third-order valence-corrected chi connectivity index (χ3v) is 9.18. The van der Waals surface area contributed by atoms with Crippen molar-refractivity contribution in [1.29, 1.82) is 0 Å². The number of carbonyl (C=O) groups excluding carboxylic acids is 1. The van der Waals surface area contributed by atoms with E-state index in [2.05, 4.69) is 50.2 Å². The van der Waals surface area contributed by atoms with Crippen molar-refractivity contribution in [1.82, 2.24) is 0 Å². The van der Waals surface area contributed by atoms with Crippen LogP contribution in [0.1, 0.15) is 41.8 Å². The van der Waals surface area contributed by atoms with Gasteiger partial charge in [0, 0.05) is 28.9 Å². The molecule has 3 aliphatic carbocycles. The molecule has 3 aliphatic rings. The summed E-state index contributed by atoms with van der Waals surface area (Å²) in [6.07, 6.45) is 0.306. The lowest BCUT2D eigenvalue weighted by Gasteiger charge is -2.62. The van der Waals surface area contributed by atoms with Gasteiger partial charge < -0.3 is 4.74 Å². The van der Waals surface area contributed by atoms with Crippen LogP contribution in [0, 0.1) is 37.5 Å². The van der Waals surface area contributed by atoms with Gasteiger partial charge in [-0.2, -0.15) is 0 Å². The molecule has 0 saturated heterocycles. The van der Waals surface area contributed by atoms with Crippen LogP contribution in [-0.4, -0.2) is 21.9 Å². The average molecular weight is 485 g/mol. The van der Waals surface area contributed by atoms with Crippen molar-refractivity contribution in [3.63, 3.8) is 0 Å². The van der Waals surface area contributed by atoms with Gasteiger partial charge in [-0.15, -0.1) is 0 Å². The molecule has 6 rings (SSSR count). The second-order valence-corrected chi connectivity index (χ2v) is 10.5. The molecule has 0 aromatic heterocycles. The van der Waals surface area contributed by atoms with Crippen LogP contribution < -0.4 is 0 Å². The molecule has 3 aromatic carbocycles. The maximum Gasteiger partial charge on any atom is 0.338 e. The number of non-ortho nitro benzene ring substituents is 2. The summed E-state index contributed by atoms with van der Waals surface area (Å²) >= 11 is 0. The minimum Gasteiger partial charge on any atom is -0.458 e. The summed E-state index contributed by atoms with van der Waals surface area (Å²) in [6.45, 7) is 4.57. The largest absolute Gasteiger partial charge is 0.458 e. The fourth-order valence-electron chi connectivity index (χ4n) is 8.15. The van der Waals surface area contributed by atoms with Gasteiger partial charge in [-0.05, 0) is 28.9 Å². The number of nitro groups is 2. The minimum absolute atomic E-state index is 0.0689. The third-order valence-electron chi connectivity index (χ3n) is 9.18. The van der Waals surface area contributed by atoms with Crippen molar-refractivity contribution >= 4 is 17.3 Å². The van der Waals surface area contributed by atoms with E-state index in [4.69, 9.17) is 4.74 Å². The molecule has 8 nitrogen and oxygen atoms in total. The summed E-state index contributed by atoms with van der Waals surface area (Å²) in [7, 11) is 0. The van der Waals surface area contributed by atoms with Gasteiger partial charge in [-0.1, -0.05) is 74.5 Å². The van der Waals surface area contributed by atoms with Crippen molar-refractivity contribution in [2.45, 2.75) is 37.2 Å². The second kappa shape index (κ2) is 7.22. The van der Waals surface area contributed by atoms with Gasteiger partial charge in [0.25, 0.3) is 11.4 Å². The number of ether oxygens (including phenoxy) is 1. The number of rotatable bonds is 6. The first-order valence-electron chi connectivity index (χ1n) is 11.9. The fraction of sp³-hybridized carbons (Fsp3) is 0.321. The number of fused-ring (bicyclic) bond motifs is 4. The Balaban J connectivity index is 1.36. The number of nitrogens with zero attached hydrogens (tertiary/aromatic N) is 2. The number of carbonyl (C=O) groups is 1. The zero-order valence-electron chi connectivity index (χ0n) is 19.8. The van der Waals surface area contributed by atoms with E-state index < -0.39 is 27.2 Å². The Morgan fingerprint density at radius 2 is 1.33 bits per heavy atom. The summed E-state index contributed by atoms with van der Waals surface area (Å²) in [5, 5.41) is 22.5. The van der Waals surface area contributed by atoms with Crippen molar-refractivity contribution in [3.05, 3.63) is 116 Å². The summed E-state index contributed by atoms with van der Waals surface area (Å²) in [5.41, 5.74) is 0.926. The highest BCUT2D eigenvalue weighted by Gasteiger charge is 2.99. The SMILES string of the molecule is CC1(C)[C@]2(c3ccccc3)[C@H]3[C@@H](OC(=O)c4cc([N+](=O)[O-])cc([N+](=O)[O-])c4)C[C@@H]3[C@]12c1ccccc1. The molecule has 0 bridgehead atoms. The predicted molar refractivity (Wildman–Crippen MR) is 131 cm³/mol. The second-order valence-electron chi connectivity index (χ2n) is 10.5. The lowest BCUT2D eigenvalue weighted by Crippen LogP contribution is -2.65. The number of benzene rings is 3. The first kappa shape index (κ1) is 22.4. The number of hydrogen-bond acceptors (Lipinski definition) is 6. The predicted octanol–water partition coefficient (Wildman–Crippen LogP) is 5.59. The number of esters is 1. The molecule has 8 heteroatoms. The Morgan fingerprint density at radius 1 is 0.833 bits per heavy atom. The van der Waals surface area contributed by atoms with E-state index in [0.29, 0.717) is 12.3 Å². The van der Waals surface area contributed by atoms with Crippen LogP contribution in [0.5, 0.6) is 0 Å². The lowest BCUT2D eigenvalue weighted by atomic mass is 9.43. The molecule has 0 amide bonds. The zero-order chi connectivity index (χ0) is 25.5. The van der Waals surface area contributed by atoms with Crippen molar-refractivity contribution in [2.24, 2.45) is 17.3 Å². The summed E-state index contributed by atoms with van der Waals surface area (Å²) < 4.78 is 5.91. The van der Waals surface area contributed by atoms with Crippen LogP contribution >= 0.6 is 0 Å². The first-order valence-corrected chi connectivity index (χ1v) is 11.9. The third kappa shape index (κ3) is 2.46. The van der Waals surface area contributed by atoms with Gasteiger partial charge >= 0.3 is 5.97 Å². The Labute approximate surface area is 207 Å². The van der Waals surface area contributed by atoms with Crippen LogP contribution in [-0.2, 0) is 15.6 Å². The molecule has 36 heavy (non-hydrogen) atoms.